The quantitative estimate of drug-likeness (QED) is 0.0325. The van der Waals surface area contributed by atoms with E-state index in [1.807, 2.05) is 0 Å². The molecule has 0 heterocycles. The summed E-state index contributed by atoms with van der Waals surface area (Å²) in [5.74, 6) is -0.547. The molecule has 0 spiro atoms. The van der Waals surface area contributed by atoms with Gasteiger partial charge in [0.2, 0.25) is 5.91 Å². The Morgan fingerprint density at radius 1 is 0.526 bits per heavy atom. The van der Waals surface area contributed by atoms with Crippen molar-refractivity contribution in [3.63, 3.8) is 0 Å². The molecule has 0 aromatic rings. The number of allylic oxidation sites excluding steroid dienone is 12. The first kappa shape index (κ1) is 54.3. The van der Waals surface area contributed by atoms with E-state index in [2.05, 4.69) is 99.0 Å². The van der Waals surface area contributed by atoms with Crippen molar-refractivity contribution in [3.8, 4) is 0 Å². The maximum atomic E-state index is 13.1. The summed E-state index contributed by atoms with van der Waals surface area (Å²) in [5.41, 5.74) is 0. The molecule has 0 aliphatic heterocycles. The molecule has 0 radical (unpaired) electrons. The average molecular weight is 796 g/mol. The first-order valence-electron chi connectivity index (χ1n) is 23.7. The maximum Gasteiger partial charge on any atom is 0.306 e. The Morgan fingerprint density at radius 2 is 0.982 bits per heavy atom. The topological polar surface area (TPSA) is 95.9 Å². The highest BCUT2D eigenvalue weighted by molar-refractivity contribution is 5.77. The van der Waals surface area contributed by atoms with Crippen molar-refractivity contribution in [1.82, 2.24) is 5.32 Å². The van der Waals surface area contributed by atoms with Crippen molar-refractivity contribution in [2.45, 2.75) is 232 Å². The first-order chi connectivity index (χ1) is 28.0. The van der Waals surface area contributed by atoms with Crippen LogP contribution < -0.4 is 5.32 Å². The van der Waals surface area contributed by atoms with Crippen LogP contribution in [-0.2, 0) is 14.3 Å². The molecule has 328 valence electrons. The second kappa shape index (κ2) is 44.4. The molecule has 0 rings (SSSR count). The number of ether oxygens (including phenoxy) is 1. The van der Waals surface area contributed by atoms with Gasteiger partial charge in [0.1, 0.15) is 6.10 Å². The highest BCUT2D eigenvalue weighted by Gasteiger charge is 2.24. The average Bonchev–Trinajstić information content (AvgIpc) is 3.20. The minimum atomic E-state index is -0.804. The smallest absolute Gasteiger partial charge is 0.306 e. The maximum absolute atomic E-state index is 13.1. The molecule has 0 saturated heterocycles. The fourth-order valence-corrected chi connectivity index (χ4v) is 6.68. The van der Waals surface area contributed by atoms with Crippen LogP contribution in [0.5, 0.6) is 0 Å². The number of carbonyl (C=O) groups is 2. The van der Waals surface area contributed by atoms with Crippen LogP contribution in [0.2, 0.25) is 0 Å². The summed E-state index contributed by atoms with van der Waals surface area (Å²) in [7, 11) is 0. The second-order valence-corrected chi connectivity index (χ2v) is 15.8. The van der Waals surface area contributed by atoms with Crippen molar-refractivity contribution < 1.29 is 24.5 Å². The van der Waals surface area contributed by atoms with Crippen LogP contribution in [0, 0.1) is 0 Å². The monoisotopic (exact) mass is 796 g/mol. The van der Waals surface area contributed by atoms with Crippen LogP contribution >= 0.6 is 0 Å². The van der Waals surface area contributed by atoms with Crippen LogP contribution in [0.1, 0.15) is 213 Å². The molecule has 6 heteroatoms. The van der Waals surface area contributed by atoms with E-state index >= 15 is 0 Å². The largest absolute Gasteiger partial charge is 0.462 e. The van der Waals surface area contributed by atoms with Crippen molar-refractivity contribution in [3.05, 3.63) is 72.9 Å². The van der Waals surface area contributed by atoms with E-state index in [-0.39, 0.29) is 24.9 Å². The van der Waals surface area contributed by atoms with Gasteiger partial charge in [-0.05, 0) is 83.5 Å². The molecule has 0 bridgehead atoms. The normalized spacial score (nSPS) is 14.0. The van der Waals surface area contributed by atoms with Gasteiger partial charge in [-0.2, -0.15) is 0 Å². The van der Waals surface area contributed by atoms with E-state index < -0.39 is 18.2 Å². The Morgan fingerprint density at radius 3 is 1.54 bits per heavy atom. The van der Waals surface area contributed by atoms with E-state index in [1.165, 1.54) is 77.0 Å². The molecule has 3 unspecified atom stereocenters. The van der Waals surface area contributed by atoms with Gasteiger partial charge in [-0.1, -0.05) is 190 Å². The minimum absolute atomic E-state index is 0.0324. The zero-order valence-corrected chi connectivity index (χ0v) is 37.2. The predicted octanol–water partition coefficient (Wildman–Crippen LogP) is 13.8. The molecular formula is C51H89NO5. The first-order valence-corrected chi connectivity index (χ1v) is 23.7. The van der Waals surface area contributed by atoms with Crippen molar-refractivity contribution >= 4 is 11.9 Å². The number of rotatable bonds is 41. The predicted molar refractivity (Wildman–Crippen MR) is 245 cm³/mol. The fraction of sp³-hybridized carbons (Fsp3) is 0.725. The van der Waals surface area contributed by atoms with E-state index in [0.29, 0.717) is 19.3 Å². The van der Waals surface area contributed by atoms with E-state index in [4.69, 9.17) is 4.74 Å². The third-order valence-corrected chi connectivity index (χ3v) is 10.3. The molecule has 0 aromatic carbocycles. The van der Waals surface area contributed by atoms with Crippen molar-refractivity contribution in [2.75, 3.05) is 6.61 Å². The Bertz CT molecular complexity index is 1070. The number of hydrogen-bond acceptors (Lipinski definition) is 5. The Labute approximate surface area is 351 Å². The van der Waals surface area contributed by atoms with Crippen LogP contribution in [0.4, 0.5) is 0 Å². The molecule has 0 saturated carbocycles. The molecule has 1 amide bonds. The molecule has 3 N–H and O–H groups in total. The number of esters is 1. The van der Waals surface area contributed by atoms with Crippen LogP contribution in [0.3, 0.4) is 0 Å². The van der Waals surface area contributed by atoms with Crippen molar-refractivity contribution in [1.29, 1.82) is 0 Å². The zero-order valence-electron chi connectivity index (χ0n) is 37.2. The minimum Gasteiger partial charge on any atom is -0.462 e. The molecule has 0 fully saturated rings. The van der Waals surface area contributed by atoms with Gasteiger partial charge >= 0.3 is 5.97 Å². The molecular weight excluding hydrogens is 707 g/mol. The lowest BCUT2D eigenvalue weighted by molar-refractivity contribution is -0.151. The number of carbonyl (C=O) groups excluding carboxylic acids is 2. The number of aliphatic hydroxyl groups excluding tert-OH is 2. The SMILES string of the molecule is CC/C=C\C/C=C\C/C=C\C/C=C\C/C=C\CCCC(CC(=O)NC(CO)C(O)CCCCCCCCCCCC)OC(=O)CCCCCCC/C=C\CCCC. The summed E-state index contributed by atoms with van der Waals surface area (Å²) in [6, 6.07) is -0.722. The Balaban J connectivity index is 4.74. The van der Waals surface area contributed by atoms with Gasteiger partial charge in [0, 0.05) is 6.42 Å². The van der Waals surface area contributed by atoms with Gasteiger partial charge < -0.3 is 20.3 Å². The van der Waals surface area contributed by atoms with Gasteiger partial charge in [-0.25, -0.2) is 0 Å². The summed E-state index contributed by atoms with van der Waals surface area (Å²) >= 11 is 0. The fourth-order valence-electron chi connectivity index (χ4n) is 6.68. The summed E-state index contributed by atoms with van der Waals surface area (Å²) < 4.78 is 5.87. The van der Waals surface area contributed by atoms with E-state index in [1.54, 1.807) is 0 Å². The highest BCUT2D eigenvalue weighted by atomic mass is 16.5. The summed E-state index contributed by atoms with van der Waals surface area (Å²) in [4.78, 5) is 26.0. The molecule has 3 atom stereocenters. The number of hydrogen-bond donors (Lipinski definition) is 3. The van der Waals surface area contributed by atoms with Gasteiger partial charge in [-0.3, -0.25) is 9.59 Å². The zero-order chi connectivity index (χ0) is 41.7. The van der Waals surface area contributed by atoms with Gasteiger partial charge in [-0.15, -0.1) is 0 Å². The van der Waals surface area contributed by atoms with Crippen LogP contribution in [-0.4, -0.2) is 46.9 Å². The Hall–Kier alpha value is -2.70. The number of amides is 1. The number of unbranched alkanes of at least 4 members (excludes halogenated alkanes) is 17. The van der Waals surface area contributed by atoms with E-state index in [0.717, 1.165) is 89.9 Å². The van der Waals surface area contributed by atoms with Crippen LogP contribution in [0.15, 0.2) is 72.9 Å². The van der Waals surface area contributed by atoms with Gasteiger partial charge in [0.25, 0.3) is 0 Å². The third-order valence-electron chi connectivity index (χ3n) is 10.3. The van der Waals surface area contributed by atoms with Gasteiger partial charge in [0.05, 0.1) is 25.2 Å². The van der Waals surface area contributed by atoms with Crippen molar-refractivity contribution in [2.24, 2.45) is 0 Å². The van der Waals surface area contributed by atoms with Gasteiger partial charge in [0.15, 0.2) is 0 Å². The molecule has 0 aromatic heterocycles. The molecule has 0 aliphatic carbocycles. The molecule has 6 nitrogen and oxygen atoms in total. The molecule has 0 aliphatic rings. The number of nitrogens with one attached hydrogen (secondary N) is 1. The Kier molecular flexibility index (Phi) is 42.3. The lowest BCUT2D eigenvalue weighted by atomic mass is 10.0. The standard InChI is InChI=1S/C51H89NO5/c1-4-7-10-13-16-19-22-23-24-25-26-27-29-30-33-36-39-42-47(57-51(56)44-41-38-35-32-28-20-17-14-11-8-5-2)45-50(55)52-48(46-53)49(54)43-40-37-34-31-21-18-15-12-9-6-3/h7,10,14,16-17,19,23-24,26-27,30,33,47-49,53-54H,4-6,8-9,11-13,15,18,20-22,25,28-29,31-32,34-46H2,1-3H3,(H,52,55)/b10-7-,17-14-,19-16-,24-23-,27-26-,33-30-. The lowest BCUT2D eigenvalue weighted by Crippen LogP contribution is -2.46. The second-order valence-electron chi connectivity index (χ2n) is 15.8. The summed E-state index contributed by atoms with van der Waals surface area (Å²) in [6.07, 6.45) is 55.3. The summed E-state index contributed by atoms with van der Waals surface area (Å²) in [6.45, 7) is 6.28. The third kappa shape index (κ3) is 39.9. The number of aliphatic hydroxyl groups is 2. The van der Waals surface area contributed by atoms with Crippen LogP contribution in [0.25, 0.3) is 0 Å². The lowest BCUT2D eigenvalue weighted by Gasteiger charge is -2.24. The van der Waals surface area contributed by atoms with E-state index in [9.17, 15) is 19.8 Å². The molecule has 57 heavy (non-hydrogen) atoms. The highest BCUT2D eigenvalue weighted by Crippen LogP contribution is 2.16. The summed E-state index contributed by atoms with van der Waals surface area (Å²) in [5, 5.41) is 23.6.